The quantitative estimate of drug-likeness (QED) is 0.871. The Morgan fingerprint density at radius 2 is 2.16 bits per heavy atom. The first-order valence-electron chi connectivity index (χ1n) is 6.83. The number of hydrogen-bond acceptors (Lipinski definition) is 2. The summed E-state index contributed by atoms with van der Waals surface area (Å²) in [4.78, 5) is 12.0. The molecule has 1 aromatic rings. The van der Waals surface area contributed by atoms with Crippen LogP contribution in [0.5, 0.6) is 0 Å². The number of benzene rings is 1. The van der Waals surface area contributed by atoms with Crippen LogP contribution in [-0.2, 0) is 4.79 Å². The maximum atomic E-state index is 12.0. The lowest BCUT2D eigenvalue weighted by molar-refractivity contribution is -0.122. The molecule has 0 aromatic heterocycles. The summed E-state index contributed by atoms with van der Waals surface area (Å²) in [6.45, 7) is 3.85. The maximum absolute atomic E-state index is 12.0. The minimum atomic E-state index is -0.0669. The van der Waals surface area contributed by atoms with Gasteiger partial charge in [-0.05, 0) is 38.3 Å². The average Bonchev–Trinajstić information content (AvgIpc) is 2.92. The van der Waals surface area contributed by atoms with Crippen LogP contribution < -0.4 is 10.6 Å². The normalized spacial score (nSPS) is 19.5. The molecule has 0 aliphatic carbocycles. The van der Waals surface area contributed by atoms with Crippen molar-refractivity contribution in [3.63, 3.8) is 0 Å². The van der Waals surface area contributed by atoms with Crippen molar-refractivity contribution in [3.8, 4) is 0 Å². The van der Waals surface area contributed by atoms with Crippen LogP contribution in [-0.4, -0.2) is 25.0 Å². The molecule has 19 heavy (non-hydrogen) atoms. The molecule has 2 atom stereocenters. The van der Waals surface area contributed by atoms with Crippen molar-refractivity contribution in [2.24, 2.45) is 0 Å². The highest BCUT2D eigenvalue weighted by Crippen LogP contribution is 2.14. The van der Waals surface area contributed by atoms with Crippen molar-refractivity contribution in [2.45, 2.75) is 38.1 Å². The van der Waals surface area contributed by atoms with E-state index in [9.17, 15) is 4.79 Å². The molecule has 1 fully saturated rings. The van der Waals surface area contributed by atoms with E-state index in [2.05, 4.69) is 10.6 Å². The zero-order chi connectivity index (χ0) is 12.8. The number of carbonyl (C=O) groups is 1. The van der Waals surface area contributed by atoms with E-state index in [4.69, 9.17) is 0 Å². The van der Waals surface area contributed by atoms with Gasteiger partial charge in [-0.2, -0.15) is 0 Å². The van der Waals surface area contributed by atoms with E-state index in [0.29, 0.717) is 6.04 Å². The average molecular weight is 283 g/mol. The predicted molar refractivity (Wildman–Crippen MR) is 80.8 cm³/mol. The van der Waals surface area contributed by atoms with Gasteiger partial charge < -0.3 is 10.6 Å². The zero-order valence-electron chi connectivity index (χ0n) is 11.4. The first kappa shape index (κ1) is 16.0. The Bertz CT molecular complexity index is 377. The van der Waals surface area contributed by atoms with Gasteiger partial charge in [-0.3, -0.25) is 4.79 Å². The SMILES string of the molecule is CC(C(=O)NCC[C@H]1CCCN1)c1ccccc1.Cl. The van der Waals surface area contributed by atoms with Gasteiger partial charge >= 0.3 is 0 Å². The highest BCUT2D eigenvalue weighted by Gasteiger charge is 2.16. The lowest BCUT2D eigenvalue weighted by Crippen LogP contribution is -2.32. The fraction of sp³-hybridized carbons (Fsp3) is 0.533. The number of carbonyl (C=O) groups excluding carboxylic acids is 1. The number of amides is 1. The fourth-order valence-electron chi connectivity index (χ4n) is 2.42. The molecule has 1 aliphatic heterocycles. The molecule has 1 heterocycles. The third-order valence-electron chi connectivity index (χ3n) is 3.65. The second-order valence-corrected chi connectivity index (χ2v) is 5.01. The molecule has 0 radical (unpaired) electrons. The van der Waals surface area contributed by atoms with Gasteiger partial charge in [0.05, 0.1) is 5.92 Å². The first-order valence-corrected chi connectivity index (χ1v) is 6.83. The van der Waals surface area contributed by atoms with E-state index in [-0.39, 0.29) is 24.2 Å². The molecule has 1 aliphatic rings. The third kappa shape index (κ3) is 4.84. The van der Waals surface area contributed by atoms with Crippen LogP contribution in [0.2, 0.25) is 0 Å². The molecule has 106 valence electrons. The summed E-state index contributed by atoms with van der Waals surface area (Å²) < 4.78 is 0. The van der Waals surface area contributed by atoms with Gasteiger partial charge in [-0.15, -0.1) is 12.4 Å². The van der Waals surface area contributed by atoms with Gasteiger partial charge in [0.2, 0.25) is 5.91 Å². The van der Waals surface area contributed by atoms with Crippen molar-refractivity contribution in [1.82, 2.24) is 10.6 Å². The summed E-state index contributed by atoms with van der Waals surface area (Å²) in [5.41, 5.74) is 1.08. The van der Waals surface area contributed by atoms with Crippen LogP contribution in [0.3, 0.4) is 0 Å². The predicted octanol–water partition coefficient (Wildman–Crippen LogP) is 2.47. The van der Waals surface area contributed by atoms with Gasteiger partial charge in [0.25, 0.3) is 0 Å². The highest BCUT2D eigenvalue weighted by molar-refractivity contribution is 5.85. The van der Waals surface area contributed by atoms with Crippen molar-refractivity contribution in [1.29, 1.82) is 0 Å². The summed E-state index contributed by atoms with van der Waals surface area (Å²) in [6.07, 6.45) is 3.54. The molecule has 1 amide bonds. The molecule has 0 bridgehead atoms. The standard InChI is InChI=1S/C15H22N2O.ClH/c1-12(13-6-3-2-4-7-13)15(18)17-11-9-14-8-5-10-16-14;/h2-4,6-7,12,14,16H,5,8-11H2,1H3,(H,17,18);1H/t12?,14-;/m1./s1. The number of hydrogen-bond donors (Lipinski definition) is 2. The van der Waals surface area contributed by atoms with Gasteiger partial charge in [-0.1, -0.05) is 30.3 Å². The van der Waals surface area contributed by atoms with Gasteiger partial charge in [0.1, 0.15) is 0 Å². The number of nitrogens with one attached hydrogen (secondary N) is 2. The van der Waals surface area contributed by atoms with Crippen LogP contribution >= 0.6 is 12.4 Å². The van der Waals surface area contributed by atoms with Crippen molar-refractivity contribution >= 4 is 18.3 Å². The van der Waals surface area contributed by atoms with E-state index in [1.54, 1.807) is 0 Å². The summed E-state index contributed by atoms with van der Waals surface area (Å²) >= 11 is 0. The highest BCUT2D eigenvalue weighted by atomic mass is 35.5. The monoisotopic (exact) mass is 282 g/mol. The molecule has 1 unspecified atom stereocenters. The van der Waals surface area contributed by atoms with Crippen LogP contribution in [0.1, 0.15) is 37.7 Å². The van der Waals surface area contributed by atoms with Gasteiger partial charge in [-0.25, -0.2) is 0 Å². The van der Waals surface area contributed by atoms with Crippen molar-refractivity contribution in [3.05, 3.63) is 35.9 Å². The molecule has 0 saturated carbocycles. The summed E-state index contributed by atoms with van der Waals surface area (Å²) in [5.74, 6) is 0.0573. The molecule has 3 nitrogen and oxygen atoms in total. The Morgan fingerprint density at radius 1 is 1.42 bits per heavy atom. The van der Waals surface area contributed by atoms with Crippen LogP contribution in [0, 0.1) is 0 Å². The second-order valence-electron chi connectivity index (χ2n) is 5.01. The van der Waals surface area contributed by atoms with E-state index in [1.807, 2.05) is 37.3 Å². The van der Waals surface area contributed by atoms with Crippen molar-refractivity contribution in [2.75, 3.05) is 13.1 Å². The Kier molecular flexibility index (Phi) is 6.89. The molecule has 0 spiro atoms. The third-order valence-corrected chi connectivity index (χ3v) is 3.65. The van der Waals surface area contributed by atoms with E-state index in [0.717, 1.165) is 25.1 Å². The Morgan fingerprint density at radius 3 is 2.79 bits per heavy atom. The van der Waals surface area contributed by atoms with E-state index >= 15 is 0 Å². The van der Waals surface area contributed by atoms with Crippen LogP contribution in [0.15, 0.2) is 30.3 Å². The molecule has 1 saturated heterocycles. The van der Waals surface area contributed by atoms with Crippen LogP contribution in [0.25, 0.3) is 0 Å². The molecule has 1 aromatic carbocycles. The maximum Gasteiger partial charge on any atom is 0.227 e. The molecule has 4 heteroatoms. The van der Waals surface area contributed by atoms with Gasteiger partial charge in [0, 0.05) is 12.6 Å². The molecule has 2 rings (SSSR count). The Labute approximate surface area is 121 Å². The Balaban J connectivity index is 0.00000180. The zero-order valence-corrected chi connectivity index (χ0v) is 12.2. The summed E-state index contributed by atoms with van der Waals surface area (Å²) in [5, 5.41) is 6.47. The summed E-state index contributed by atoms with van der Waals surface area (Å²) in [6, 6.07) is 10.5. The fourth-order valence-corrected chi connectivity index (χ4v) is 2.42. The summed E-state index contributed by atoms with van der Waals surface area (Å²) in [7, 11) is 0. The van der Waals surface area contributed by atoms with Crippen LogP contribution in [0.4, 0.5) is 0 Å². The van der Waals surface area contributed by atoms with E-state index in [1.165, 1.54) is 12.8 Å². The van der Waals surface area contributed by atoms with Gasteiger partial charge in [0.15, 0.2) is 0 Å². The lowest BCUT2D eigenvalue weighted by Gasteiger charge is -2.14. The smallest absolute Gasteiger partial charge is 0.227 e. The largest absolute Gasteiger partial charge is 0.356 e. The first-order chi connectivity index (χ1) is 8.77. The molecular formula is C15H23ClN2O. The molecular weight excluding hydrogens is 260 g/mol. The minimum absolute atomic E-state index is 0. The Hall–Kier alpha value is -1.06. The minimum Gasteiger partial charge on any atom is -0.356 e. The van der Waals surface area contributed by atoms with E-state index < -0.39 is 0 Å². The number of rotatable bonds is 5. The lowest BCUT2D eigenvalue weighted by atomic mass is 10.0. The second kappa shape index (κ2) is 8.18. The van der Waals surface area contributed by atoms with Crippen molar-refractivity contribution < 1.29 is 4.79 Å². The topological polar surface area (TPSA) is 41.1 Å². The molecule has 2 N–H and O–H groups in total. The number of halogens is 1.